The zero-order chi connectivity index (χ0) is 19.5. The third kappa shape index (κ3) is 4.13. The van der Waals surface area contributed by atoms with Crippen LogP contribution in [0.3, 0.4) is 0 Å². The molecular weight excluding hydrogens is 378 g/mol. The van der Waals surface area contributed by atoms with Gasteiger partial charge >= 0.3 is 0 Å². The molecular formula is C19H20ClN7O. The van der Waals surface area contributed by atoms with E-state index >= 15 is 0 Å². The van der Waals surface area contributed by atoms with Crippen LogP contribution in [0.2, 0.25) is 5.15 Å². The summed E-state index contributed by atoms with van der Waals surface area (Å²) in [5.41, 5.74) is 9.27. The molecule has 3 aromatic rings. The predicted octanol–water partition coefficient (Wildman–Crippen LogP) is 3.06. The van der Waals surface area contributed by atoms with Gasteiger partial charge in [-0.2, -0.15) is 4.98 Å². The van der Waals surface area contributed by atoms with E-state index < -0.39 is 0 Å². The van der Waals surface area contributed by atoms with Crippen molar-refractivity contribution in [2.45, 2.75) is 6.92 Å². The molecule has 4 heterocycles. The first kappa shape index (κ1) is 18.4. The number of hydrogen-bond donors (Lipinski definition) is 2. The number of hydrogen-bond acceptors (Lipinski definition) is 8. The minimum absolute atomic E-state index is 0.409. The fourth-order valence-electron chi connectivity index (χ4n) is 3.02. The van der Waals surface area contributed by atoms with E-state index in [1.807, 2.05) is 25.1 Å². The van der Waals surface area contributed by atoms with Gasteiger partial charge in [0.05, 0.1) is 18.9 Å². The molecule has 0 saturated carbocycles. The van der Waals surface area contributed by atoms with Gasteiger partial charge in [-0.05, 0) is 30.7 Å². The van der Waals surface area contributed by atoms with E-state index in [0.29, 0.717) is 36.0 Å². The van der Waals surface area contributed by atoms with E-state index in [9.17, 15) is 0 Å². The number of morpholine rings is 1. The average molecular weight is 398 g/mol. The van der Waals surface area contributed by atoms with Crippen molar-refractivity contribution in [1.82, 2.24) is 19.9 Å². The average Bonchev–Trinajstić information content (AvgIpc) is 2.68. The first-order valence-electron chi connectivity index (χ1n) is 8.91. The van der Waals surface area contributed by atoms with Crippen LogP contribution in [0.25, 0.3) is 11.3 Å². The lowest BCUT2D eigenvalue weighted by molar-refractivity contribution is 0.122. The van der Waals surface area contributed by atoms with Crippen LogP contribution in [-0.4, -0.2) is 46.2 Å². The van der Waals surface area contributed by atoms with Crippen LogP contribution in [-0.2, 0) is 4.74 Å². The molecule has 144 valence electrons. The fraction of sp³-hybridized carbons (Fsp3) is 0.263. The second kappa shape index (κ2) is 7.95. The minimum atomic E-state index is 0.409. The molecule has 1 fully saturated rings. The van der Waals surface area contributed by atoms with Crippen LogP contribution in [0.1, 0.15) is 5.56 Å². The number of nitrogens with two attached hydrogens (primary N) is 1. The SMILES string of the molecule is Cc1cc(N)ncc1-c1cc(Nc2ccnc(Cl)c2)nc(N2CCOCC2)n1. The van der Waals surface area contributed by atoms with E-state index in [-0.39, 0.29) is 0 Å². The van der Waals surface area contributed by atoms with Crippen LogP contribution < -0.4 is 16.0 Å². The van der Waals surface area contributed by atoms with Crippen molar-refractivity contribution < 1.29 is 4.74 Å². The van der Waals surface area contributed by atoms with Crippen LogP contribution in [0, 0.1) is 6.92 Å². The molecule has 9 heteroatoms. The van der Waals surface area contributed by atoms with Gasteiger partial charge in [0.1, 0.15) is 16.8 Å². The Bertz CT molecular complexity index is 992. The van der Waals surface area contributed by atoms with Crippen molar-refractivity contribution in [3.63, 3.8) is 0 Å². The predicted molar refractivity (Wildman–Crippen MR) is 110 cm³/mol. The molecule has 0 spiro atoms. The zero-order valence-corrected chi connectivity index (χ0v) is 16.1. The summed E-state index contributed by atoms with van der Waals surface area (Å²) in [5, 5.41) is 3.70. The van der Waals surface area contributed by atoms with Gasteiger partial charge in [-0.25, -0.2) is 15.0 Å². The highest BCUT2D eigenvalue weighted by Gasteiger charge is 2.17. The quantitative estimate of drug-likeness (QED) is 0.647. The van der Waals surface area contributed by atoms with E-state index in [2.05, 4.69) is 20.2 Å². The Labute approximate surface area is 167 Å². The molecule has 3 aromatic heterocycles. The van der Waals surface area contributed by atoms with Crippen molar-refractivity contribution in [3.05, 3.63) is 47.4 Å². The number of anilines is 4. The summed E-state index contributed by atoms with van der Waals surface area (Å²) in [6.07, 6.45) is 3.38. The molecule has 1 aliphatic rings. The number of halogens is 1. The lowest BCUT2D eigenvalue weighted by atomic mass is 10.1. The van der Waals surface area contributed by atoms with Crippen LogP contribution in [0.15, 0.2) is 36.7 Å². The summed E-state index contributed by atoms with van der Waals surface area (Å²) >= 11 is 6.00. The number of nitrogen functional groups attached to an aromatic ring is 1. The summed E-state index contributed by atoms with van der Waals surface area (Å²) in [4.78, 5) is 19.8. The highest BCUT2D eigenvalue weighted by molar-refractivity contribution is 6.29. The Morgan fingerprint density at radius 2 is 1.96 bits per heavy atom. The molecule has 0 unspecified atom stereocenters. The molecule has 0 amide bonds. The Hall–Kier alpha value is -2.97. The van der Waals surface area contributed by atoms with Crippen molar-refractivity contribution in [1.29, 1.82) is 0 Å². The smallest absolute Gasteiger partial charge is 0.228 e. The van der Waals surface area contributed by atoms with Gasteiger partial charge in [0.15, 0.2) is 0 Å². The number of ether oxygens (including phenoxy) is 1. The van der Waals surface area contributed by atoms with E-state index in [1.54, 1.807) is 18.5 Å². The van der Waals surface area contributed by atoms with E-state index in [1.165, 1.54) is 0 Å². The number of aromatic nitrogens is 4. The van der Waals surface area contributed by atoms with Gasteiger partial charge in [-0.3, -0.25) is 0 Å². The molecule has 8 nitrogen and oxygen atoms in total. The van der Waals surface area contributed by atoms with Crippen LogP contribution in [0.5, 0.6) is 0 Å². The van der Waals surface area contributed by atoms with Crippen LogP contribution in [0.4, 0.5) is 23.3 Å². The second-order valence-corrected chi connectivity index (χ2v) is 6.84. The standard InChI is InChI=1S/C19H20ClN7O/c1-12-8-17(21)23-11-14(12)15-10-18(24-13-2-3-22-16(20)9-13)26-19(25-15)27-4-6-28-7-5-27/h2-3,8-11H,4-7H2,1H3,(H2,21,23)(H,22,24,25,26). The lowest BCUT2D eigenvalue weighted by Gasteiger charge is -2.27. The Morgan fingerprint density at radius 3 is 2.71 bits per heavy atom. The van der Waals surface area contributed by atoms with Crippen molar-refractivity contribution in [2.24, 2.45) is 0 Å². The largest absolute Gasteiger partial charge is 0.384 e. The summed E-state index contributed by atoms with van der Waals surface area (Å²) in [7, 11) is 0. The third-order valence-corrected chi connectivity index (χ3v) is 4.62. The first-order valence-corrected chi connectivity index (χ1v) is 9.29. The van der Waals surface area contributed by atoms with E-state index in [0.717, 1.165) is 35.6 Å². The fourth-order valence-corrected chi connectivity index (χ4v) is 3.19. The van der Waals surface area contributed by atoms with Gasteiger partial charge in [0.2, 0.25) is 5.95 Å². The van der Waals surface area contributed by atoms with E-state index in [4.69, 9.17) is 32.0 Å². The maximum Gasteiger partial charge on any atom is 0.228 e. The molecule has 4 rings (SSSR count). The normalized spacial score (nSPS) is 14.1. The second-order valence-electron chi connectivity index (χ2n) is 6.45. The Morgan fingerprint density at radius 1 is 1.14 bits per heavy atom. The van der Waals surface area contributed by atoms with Crippen molar-refractivity contribution in [3.8, 4) is 11.3 Å². The molecule has 1 saturated heterocycles. The number of aryl methyl sites for hydroxylation is 1. The van der Waals surface area contributed by atoms with Gasteiger partial charge in [0.25, 0.3) is 0 Å². The summed E-state index contributed by atoms with van der Waals surface area (Å²) < 4.78 is 5.45. The summed E-state index contributed by atoms with van der Waals surface area (Å²) in [6.45, 7) is 4.77. The van der Waals surface area contributed by atoms with Gasteiger partial charge in [-0.15, -0.1) is 0 Å². The van der Waals surface area contributed by atoms with Crippen molar-refractivity contribution >= 4 is 34.9 Å². The molecule has 0 bridgehead atoms. The highest BCUT2D eigenvalue weighted by atomic mass is 35.5. The number of nitrogens with one attached hydrogen (secondary N) is 1. The Balaban J connectivity index is 1.76. The summed E-state index contributed by atoms with van der Waals surface area (Å²) in [5.74, 6) is 1.78. The first-order chi connectivity index (χ1) is 13.6. The number of rotatable bonds is 4. The monoisotopic (exact) mass is 397 g/mol. The van der Waals surface area contributed by atoms with Gasteiger partial charge in [0, 0.05) is 42.8 Å². The zero-order valence-electron chi connectivity index (χ0n) is 15.4. The van der Waals surface area contributed by atoms with Crippen LogP contribution >= 0.6 is 11.6 Å². The summed E-state index contributed by atoms with van der Waals surface area (Å²) in [6, 6.07) is 7.30. The molecule has 0 atom stereocenters. The molecule has 0 aliphatic carbocycles. The van der Waals surface area contributed by atoms with Gasteiger partial charge < -0.3 is 20.7 Å². The molecule has 3 N–H and O–H groups in total. The molecule has 28 heavy (non-hydrogen) atoms. The molecule has 1 aliphatic heterocycles. The minimum Gasteiger partial charge on any atom is -0.384 e. The molecule has 0 aromatic carbocycles. The topological polar surface area (TPSA) is 102 Å². The maximum absolute atomic E-state index is 6.00. The molecule has 0 radical (unpaired) electrons. The number of nitrogens with zero attached hydrogens (tertiary/aromatic N) is 5. The third-order valence-electron chi connectivity index (χ3n) is 4.42. The van der Waals surface area contributed by atoms with Gasteiger partial charge in [-0.1, -0.05) is 11.6 Å². The number of pyridine rings is 2. The maximum atomic E-state index is 6.00. The highest BCUT2D eigenvalue weighted by Crippen LogP contribution is 2.28. The Kier molecular flexibility index (Phi) is 5.23. The lowest BCUT2D eigenvalue weighted by Crippen LogP contribution is -2.37. The van der Waals surface area contributed by atoms with Crippen molar-refractivity contribution in [2.75, 3.05) is 42.3 Å².